The number of allylic oxidation sites excluding steroid dienone is 5. The van der Waals surface area contributed by atoms with Crippen LogP contribution in [0.4, 0.5) is 45.5 Å². The van der Waals surface area contributed by atoms with Gasteiger partial charge in [0.15, 0.2) is 0 Å². The van der Waals surface area contributed by atoms with Gasteiger partial charge >= 0.3 is 0 Å². The summed E-state index contributed by atoms with van der Waals surface area (Å²) in [5, 5.41) is 0. The molecule has 0 N–H and O–H groups in total. The minimum atomic E-state index is 1.10. The maximum absolute atomic E-state index is 4.02. The Kier molecular flexibility index (Phi) is 11.6. The number of nitrogens with zero attached hydrogens (tertiary/aromatic N) is 3. The number of hydrogen-bond donors (Lipinski definition) is 0. The van der Waals surface area contributed by atoms with Crippen LogP contribution in [0.25, 0.3) is 0 Å². The highest BCUT2D eigenvalue weighted by atomic mass is 15.2. The average molecular weight is 722 g/mol. The van der Waals surface area contributed by atoms with Crippen LogP contribution in [0.2, 0.25) is 0 Å². The quantitative estimate of drug-likeness (QED) is 0.123. The molecule has 0 radical (unpaired) electrons. The van der Waals surface area contributed by atoms with E-state index in [1.54, 1.807) is 0 Å². The summed E-state index contributed by atoms with van der Waals surface area (Å²) in [7, 11) is 0. The summed E-state index contributed by atoms with van der Waals surface area (Å²) in [6, 6.07) is 44.5. The van der Waals surface area contributed by atoms with Crippen LogP contribution in [0.1, 0.15) is 58.4 Å². The second-order valence-corrected chi connectivity index (χ2v) is 15.0. The van der Waals surface area contributed by atoms with Gasteiger partial charge in [0.1, 0.15) is 0 Å². The first-order chi connectivity index (χ1) is 26.4. The standard InChI is InChI=1S/C52H55N3/c1-12-35(2)13-24-41(8)53(45-25-14-36(3)15-26-45)50-42(9)51(54(46-27-16-37(4)17-28-46)47-29-18-38(5)19-30-47)44(11)52(43(50)10)55(48-31-20-39(6)21-32-48)49-33-22-40(7)23-34-49/h12-34H,1H2,2-11H3/b35-13-,41-24+. The third-order valence-corrected chi connectivity index (χ3v) is 10.5. The van der Waals surface area contributed by atoms with Crippen molar-refractivity contribution >= 4 is 45.5 Å². The number of rotatable bonds is 11. The lowest BCUT2D eigenvalue weighted by atomic mass is 9.93. The lowest BCUT2D eigenvalue weighted by molar-refractivity contribution is 1.09. The third kappa shape index (κ3) is 8.22. The Balaban J connectivity index is 1.80. The SMILES string of the molecule is C=C/C(C)=C\C=C(/C)N(c1ccc(C)cc1)c1c(C)c(N(c2ccc(C)cc2)c2ccc(C)cc2)c(C)c(N(c2ccc(C)cc2)c2ccc(C)cc2)c1C. The highest BCUT2D eigenvalue weighted by Gasteiger charge is 2.30. The molecule has 3 nitrogen and oxygen atoms in total. The average Bonchev–Trinajstić information content (AvgIpc) is 3.18. The van der Waals surface area contributed by atoms with E-state index in [1.807, 2.05) is 6.08 Å². The fraction of sp³-hybridized carbons (Fsp3) is 0.192. The van der Waals surface area contributed by atoms with E-state index < -0.39 is 0 Å². The molecule has 0 aliphatic heterocycles. The number of benzene rings is 6. The van der Waals surface area contributed by atoms with Crippen molar-refractivity contribution in [2.75, 3.05) is 14.7 Å². The minimum Gasteiger partial charge on any atom is -0.314 e. The monoisotopic (exact) mass is 721 g/mol. The van der Waals surface area contributed by atoms with Crippen LogP contribution >= 0.6 is 0 Å². The predicted molar refractivity (Wildman–Crippen MR) is 240 cm³/mol. The number of anilines is 8. The van der Waals surface area contributed by atoms with Crippen LogP contribution in [0.15, 0.2) is 157 Å². The Labute approximate surface area is 330 Å². The molecule has 6 aromatic carbocycles. The predicted octanol–water partition coefficient (Wildman–Crippen LogP) is 15.3. The molecule has 0 atom stereocenters. The second kappa shape index (κ2) is 16.5. The maximum Gasteiger partial charge on any atom is 0.0562 e. The molecular formula is C52H55N3. The van der Waals surface area contributed by atoms with E-state index in [4.69, 9.17) is 0 Å². The molecule has 278 valence electrons. The zero-order valence-electron chi connectivity index (χ0n) is 34.3. The van der Waals surface area contributed by atoms with E-state index in [0.717, 1.165) is 56.8 Å². The van der Waals surface area contributed by atoms with Crippen molar-refractivity contribution in [1.82, 2.24) is 0 Å². The van der Waals surface area contributed by atoms with Crippen molar-refractivity contribution in [2.45, 2.75) is 69.2 Å². The molecule has 0 saturated heterocycles. The highest BCUT2D eigenvalue weighted by Crippen LogP contribution is 2.52. The van der Waals surface area contributed by atoms with Gasteiger partial charge in [0.2, 0.25) is 0 Å². The molecule has 0 spiro atoms. The molecule has 0 saturated carbocycles. The first-order valence-electron chi connectivity index (χ1n) is 19.2. The van der Waals surface area contributed by atoms with Crippen LogP contribution in [-0.2, 0) is 0 Å². The van der Waals surface area contributed by atoms with Crippen LogP contribution in [-0.4, -0.2) is 0 Å². The summed E-state index contributed by atoms with van der Waals surface area (Å²) < 4.78 is 0. The van der Waals surface area contributed by atoms with Crippen LogP contribution in [0.5, 0.6) is 0 Å². The molecule has 6 rings (SSSR count). The van der Waals surface area contributed by atoms with Gasteiger partial charge in [0, 0.05) is 34.1 Å². The summed E-state index contributed by atoms with van der Waals surface area (Å²) in [4.78, 5) is 7.34. The third-order valence-electron chi connectivity index (χ3n) is 10.5. The van der Waals surface area contributed by atoms with E-state index in [0.29, 0.717) is 0 Å². The van der Waals surface area contributed by atoms with Gasteiger partial charge < -0.3 is 14.7 Å². The molecule has 3 heteroatoms. The van der Waals surface area contributed by atoms with Crippen molar-refractivity contribution in [3.05, 3.63) is 202 Å². The summed E-state index contributed by atoms with van der Waals surface area (Å²) in [6.07, 6.45) is 6.27. The molecule has 55 heavy (non-hydrogen) atoms. The summed E-state index contributed by atoms with van der Waals surface area (Å²) in [5.74, 6) is 0. The smallest absolute Gasteiger partial charge is 0.0562 e. The summed E-state index contributed by atoms with van der Waals surface area (Å²) in [5.41, 5.74) is 20.9. The van der Waals surface area contributed by atoms with E-state index in [-0.39, 0.29) is 0 Å². The molecule has 6 aromatic rings. The molecular weight excluding hydrogens is 667 g/mol. The normalized spacial score (nSPS) is 11.7. The Morgan fingerprint density at radius 3 is 0.945 bits per heavy atom. The van der Waals surface area contributed by atoms with Crippen molar-refractivity contribution in [3.8, 4) is 0 Å². The summed E-state index contributed by atoms with van der Waals surface area (Å²) in [6.45, 7) is 26.0. The van der Waals surface area contributed by atoms with Crippen molar-refractivity contribution < 1.29 is 0 Å². The lowest BCUT2D eigenvalue weighted by Crippen LogP contribution is -2.23. The van der Waals surface area contributed by atoms with Gasteiger partial charge in [-0.05, 0) is 153 Å². The molecule has 0 bridgehead atoms. The first kappa shape index (κ1) is 38.7. The van der Waals surface area contributed by atoms with Crippen molar-refractivity contribution in [1.29, 1.82) is 0 Å². The molecule has 0 aromatic heterocycles. The van der Waals surface area contributed by atoms with Gasteiger partial charge in [-0.3, -0.25) is 0 Å². The van der Waals surface area contributed by atoms with Gasteiger partial charge in [-0.25, -0.2) is 0 Å². The van der Waals surface area contributed by atoms with Crippen LogP contribution in [0.3, 0.4) is 0 Å². The zero-order valence-corrected chi connectivity index (χ0v) is 34.3. The molecule has 0 unspecified atom stereocenters. The van der Waals surface area contributed by atoms with Crippen molar-refractivity contribution in [2.24, 2.45) is 0 Å². The number of aryl methyl sites for hydroxylation is 5. The Morgan fingerprint density at radius 1 is 0.382 bits per heavy atom. The highest BCUT2D eigenvalue weighted by molar-refractivity contribution is 5.96. The second-order valence-electron chi connectivity index (χ2n) is 15.0. The van der Waals surface area contributed by atoms with Crippen LogP contribution < -0.4 is 14.7 Å². The Hall–Kier alpha value is -6.06. The Bertz CT molecular complexity index is 2130. The fourth-order valence-electron chi connectivity index (χ4n) is 7.37. The molecule has 0 heterocycles. The van der Waals surface area contributed by atoms with Gasteiger partial charge in [-0.15, -0.1) is 0 Å². The van der Waals surface area contributed by atoms with Gasteiger partial charge in [0.05, 0.1) is 17.1 Å². The molecule has 0 aliphatic rings. The van der Waals surface area contributed by atoms with Gasteiger partial charge in [-0.2, -0.15) is 0 Å². The first-order valence-corrected chi connectivity index (χ1v) is 19.2. The minimum absolute atomic E-state index is 1.10. The fourth-order valence-corrected chi connectivity index (χ4v) is 7.37. The number of hydrogen-bond acceptors (Lipinski definition) is 3. The maximum atomic E-state index is 4.02. The van der Waals surface area contributed by atoms with Gasteiger partial charge in [-0.1, -0.05) is 113 Å². The van der Waals surface area contributed by atoms with E-state index in [2.05, 4.69) is 224 Å². The summed E-state index contributed by atoms with van der Waals surface area (Å²) >= 11 is 0. The Morgan fingerprint density at radius 2 is 0.655 bits per heavy atom. The zero-order chi connectivity index (χ0) is 39.4. The van der Waals surface area contributed by atoms with E-state index in [1.165, 1.54) is 44.5 Å². The van der Waals surface area contributed by atoms with Crippen LogP contribution in [0, 0.1) is 55.4 Å². The topological polar surface area (TPSA) is 9.72 Å². The van der Waals surface area contributed by atoms with E-state index in [9.17, 15) is 0 Å². The lowest BCUT2D eigenvalue weighted by Gasteiger charge is -2.38. The van der Waals surface area contributed by atoms with Gasteiger partial charge in [0.25, 0.3) is 0 Å². The van der Waals surface area contributed by atoms with Crippen molar-refractivity contribution in [3.63, 3.8) is 0 Å². The van der Waals surface area contributed by atoms with E-state index >= 15 is 0 Å². The molecule has 0 fully saturated rings. The largest absolute Gasteiger partial charge is 0.314 e. The molecule has 0 aliphatic carbocycles. The molecule has 0 amide bonds.